The Balaban J connectivity index is 1.32. The molecule has 2 amide bonds. The topological polar surface area (TPSA) is 101 Å². The number of aromatic nitrogens is 1. The first kappa shape index (κ1) is 21.2. The summed E-state index contributed by atoms with van der Waals surface area (Å²) >= 11 is 0. The van der Waals surface area contributed by atoms with E-state index in [0.29, 0.717) is 12.1 Å². The van der Waals surface area contributed by atoms with E-state index < -0.39 is 63.8 Å². The predicted octanol–water partition coefficient (Wildman–Crippen LogP) is 2.20. The molecule has 2 aromatic rings. The van der Waals surface area contributed by atoms with Crippen LogP contribution in [0.4, 0.5) is 13.2 Å². The molecule has 4 aliphatic rings. The number of nitrogens with one attached hydrogen (secondary N) is 1. The largest absolute Gasteiger partial charge is 0.503 e. The summed E-state index contributed by atoms with van der Waals surface area (Å²) in [5.41, 5.74) is -2.38. The molecule has 5 atom stereocenters. The molecule has 6 rings (SSSR count). The summed E-state index contributed by atoms with van der Waals surface area (Å²) in [5, 5.41) is 12.9. The Morgan fingerprint density at radius 2 is 1.97 bits per heavy atom. The van der Waals surface area contributed by atoms with Crippen LogP contribution in [0, 0.1) is 22.9 Å². The Hall–Kier alpha value is -3.34. The molecule has 2 saturated carbocycles. The molecule has 1 saturated heterocycles. The van der Waals surface area contributed by atoms with Gasteiger partial charge in [-0.1, -0.05) is 0 Å². The van der Waals surface area contributed by atoms with E-state index in [1.165, 1.54) is 11.5 Å². The second-order valence-corrected chi connectivity index (χ2v) is 9.48. The number of carbonyl (C=O) groups excluding carboxylic acids is 2. The van der Waals surface area contributed by atoms with E-state index in [9.17, 15) is 32.7 Å². The van der Waals surface area contributed by atoms with Crippen molar-refractivity contribution in [1.82, 2.24) is 14.8 Å². The number of hydrogen-bond acceptors (Lipinski definition) is 5. The van der Waals surface area contributed by atoms with Crippen LogP contribution in [0.2, 0.25) is 0 Å². The van der Waals surface area contributed by atoms with Gasteiger partial charge in [-0.25, -0.2) is 13.2 Å². The number of amides is 2. The number of pyridine rings is 1. The molecule has 3 heterocycles. The molecule has 1 spiro atoms. The maximum atomic E-state index is 14.1. The van der Waals surface area contributed by atoms with Crippen molar-refractivity contribution in [3.8, 4) is 5.75 Å². The van der Waals surface area contributed by atoms with Crippen LogP contribution in [0.1, 0.15) is 58.6 Å². The molecule has 34 heavy (non-hydrogen) atoms. The highest BCUT2D eigenvalue weighted by atomic mass is 19.1. The number of rotatable bonds is 3. The summed E-state index contributed by atoms with van der Waals surface area (Å²) in [5.74, 6) is -5.90. The summed E-state index contributed by atoms with van der Waals surface area (Å²) in [6, 6.07) is -0.265. The number of benzene rings is 1. The maximum absolute atomic E-state index is 14.1. The van der Waals surface area contributed by atoms with Gasteiger partial charge in [0.2, 0.25) is 5.43 Å². The SMILES string of the molecule is C[C@@H](NC(=O)c1cn2c(c(O)c1=O)C(=O)N1C3C[C@@]34CC[C@H]4O[C@@H]1C2)c1c(F)cc(F)cc1F. The van der Waals surface area contributed by atoms with Gasteiger partial charge in [-0.2, -0.15) is 0 Å². The summed E-state index contributed by atoms with van der Waals surface area (Å²) in [6.07, 6.45) is 3.36. The molecule has 2 aliphatic heterocycles. The fourth-order valence-corrected chi connectivity index (χ4v) is 5.77. The molecule has 1 aromatic heterocycles. The second kappa shape index (κ2) is 6.84. The number of ether oxygens (including phenoxy) is 1. The third-order valence-corrected chi connectivity index (χ3v) is 7.67. The van der Waals surface area contributed by atoms with Crippen molar-refractivity contribution in [3.05, 3.63) is 62.8 Å². The van der Waals surface area contributed by atoms with E-state index in [0.717, 1.165) is 25.5 Å². The van der Waals surface area contributed by atoms with Crippen LogP contribution < -0.4 is 10.7 Å². The molecule has 0 bridgehead atoms. The van der Waals surface area contributed by atoms with Gasteiger partial charge < -0.3 is 24.6 Å². The molecule has 8 nitrogen and oxygen atoms in total. The van der Waals surface area contributed by atoms with E-state index in [1.54, 1.807) is 4.90 Å². The van der Waals surface area contributed by atoms with Crippen molar-refractivity contribution >= 4 is 11.8 Å². The first-order chi connectivity index (χ1) is 16.1. The van der Waals surface area contributed by atoms with Gasteiger partial charge >= 0.3 is 0 Å². The van der Waals surface area contributed by atoms with Gasteiger partial charge in [0.05, 0.1) is 18.7 Å². The average Bonchev–Trinajstić information content (AvgIpc) is 3.50. The molecular weight excluding hydrogens is 455 g/mol. The fraction of sp³-hybridized carbons (Fsp3) is 0.435. The van der Waals surface area contributed by atoms with Crippen molar-refractivity contribution in [2.75, 3.05) is 0 Å². The zero-order valence-electron chi connectivity index (χ0n) is 18.0. The zero-order valence-corrected chi connectivity index (χ0v) is 18.0. The van der Waals surface area contributed by atoms with Gasteiger partial charge in [0.1, 0.15) is 23.0 Å². The van der Waals surface area contributed by atoms with Crippen molar-refractivity contribution in [1.29, 1.82) is 0 Å². The first-order valence-electron chi connectivity index (χ1n) is 11.0. The molecule has 2 N–H and O–H groups in total. The quantitative estimate of drug-likeness (QED) is 0.709. The molecule has 2 aliphatic carbocycles. The average molecular weight is 475 g/mol. The lowest BCUT2D eigenvalue weighted by Gasteiger charge is -2.50. The molecule has 178 valence electrons. The maximum Gasteiger partial charge on any atom is 0.276 e. The van der Waals surface area contributed by atoms with Crippen LogP contribution in [-0.2, 0) is 11.3 Å². The fourth-order valence-electron chi connectivity index (χ4n) is 5.77. The lowest BCUT2D eigenvalue weighted by Crippen LogP contribution is -2.61. The van der Waals surface area contributed by atoms with E-state index in [1.807, 2.05) is 0 Å². The smallest absolute Gasteiger partial charge is 0.276 e. The minimum Gasteiger partial charge on any atom is -0.503 e. The molecule has 11 heteroatoms. The van der Waals surface area contributed by atoms with Crippen molar-refractivity contribution in [2.24, 2.45) is 5.41 Å². The highest BCUT2D eigenvalue weighted by Gasteiger charge is 2.72. The predicted molar refractivity (Wildman–Crippen MR) is 109 cm³/mol. The van der Waals surface area contributed by atoms with Crippen LogP contribution in [0.3, 0.4) is 0 Å². The van der Waals surface area contributed by atoms with Crippen LogP contribution in [0.25, 0.3) is 0 Å². The van der Waals surface area contributed by atoms with Crippen LogP contribution in [-0.4, -0.2) is 44.8 Å². The highest BCUT2D eigenvalue weighted by molar-refractivity contribution is 5.99. The lowest BCUT2D eigenvalue weighted by molar-refractivity contribution is -0.196. The molecule has 3 fully saturated rings. The third-order valence-electron chi connectivity index (χ3n) is 7.67. The standard InChI is InChI=1S/C23H20F3N3O5/c1-9(17-12(25)4-10(24)5-13(17)26)27-21(32)11-7-28-8-16-29(22(33)18(28)20(31)19(11)30)14-6-23(14)3-2-15(23)34-16/h4-5,7,9,14-16,31H,2-3,6,8H2,1H3,(H,27,32)/t9-,14?,15-,16-,23+/m1/s1. The molecular formula is C23H20F3N3O5. The van der Waals surface area contributed by atoms with Gasteiger partial charge in [0.25, 0.3) is 11.8 Å². The Bertz CT molecular complexity index is 1320. The van der Waals surface area contributed by atoms with Crippen molar-refractivity contribution < 1.29 is 32.6 Å². The summed E-state index contributed by atoms with van der Waals surface area (Å²) < 4.78 is 48.8. The first-order valence-corrected chi connectivity index (χ1v) is 11.0. The van der Waals surface area contributed by atoms with Crippen LogP contribution in [0.5, 0.6) is 5.75 Å². The molecule has 1 unspecified atom stereocenters. The number of aromatic hydroxyl groups is 1. The lowest BCUT2D eigenvalue weighted by atomic mass is 9.76. The Labute approximate surface area is 190 Å². The van der Waals surface area contributed by atoms with E-state index in [-0.39, 0.29) is 29.8 Å². The second-order valence-electron chi connectivity index (χ2n) is 9.48. The third kappa shape index (κ3) is 2.73. The monoisotopic (exact) mass is 475 g/mol. The van der Waals surface area contributed by atoms with Crippen LogP contribution >= 0.6 is 0 Å². The van der Waals surface area contributed by atoms with Gasteiger partial charge in [0.15, 0.2) is 17.7 Å². The highest BCUT2D eigenvalue weighted by Crippen LogP contribution is 2.67. The number of halogens is 3. The minimum atomic E-state index is -1.25. The van der Waals surface area contributed by atoms with E-state index in [4.69, 9.17) is 4.74 Å². The Morgan fingerprint density at radius 3 is 2.62 bits per heavy atom. The summed E-state index contributed by atoms with van der Waals surface area (Å²) in [4.78, 5) is 40.4. The normalized spacial score (nSPS) is 29.2. The summed E-state index contributed by atoms with van der Waals surface area (Å²) in [7, 11) is 0. The van der Waals surface area contributed by atoms with Crippen LogP contribution in [0.15, 0.2) is 23.1 Å². The van der Waals surface area contributed by atoms with Gasteiger partial charge in [-0.05, 0) is 26.2 Å². The minimum absolute atomic E-state index is 0.00882. The van der Waals surface area contributed by atoms with Crippen molar-refractivity contribution in [3.63, 3.8) is 0 Å². The van der Waals surface area contributed by atoms with Gasteiger partial charge in [-0.3, -0.25) is 14.4 Å². The zero-order chi connectivity index (χ0) is 24.1. The Kier molecular flexibility index (Phi) is 4.27. The number of hydrogen-bond donors (Lipinski definition) is 2. The van der Waals surface area contributed by atoms with E-state index in [2.05, 4.69) is 5.32 Å². The molecule has 0 radical (unpaired) electrons. The van der Waals surface area contributed by atoms with Gasteiger partial charge in [0, 0.05) is 35.3 Å². The summed E-state index contributed by atoms with van der Waals surface area (Å²) in [6.45, 7) is 1.39. The number of nitrogens with zero attached hydrogens (tertiary/aromatic N) is 2. The number of carbonyl (C=O) groups is 2. The van der Waals surface area contributed by atoms with Crippen molar-refractivity contribution in [2.45, 2.75) is 57.1 Å². The Morgan fingerprint density at radius 1 is 1.26 bits per heavy atom. The molecule has 1 aromatic carbocycles. The van der Waals surface area contributed by atoms with Gasteiger partial charge in [-0.15, -0.1) is 0 Å². The van der Waals surface area contributed by atoms with E-state index >= 15 is 0 Å². The number of fused-ring (bicyclic) bond motifs is 3.